The lowest BCUT2D eigenvalue weighted by atomic mass is 9.96. The summed E-state index contributed by atoms with van der Waals surface area (Å²) in [6.45, 7) is 0. The highest BCUT2D eigenvalue weighted by atomic mass is 16.5. The highest BCUT2D eigenvalue weighted by molar-refractivity contribution is 6.01. The molecule has 0 saturated heterocycles. The summed E-state index contributed by atoms with van der Waals surface area (Å²) in [6, 6.07) is 22.8. The van der Waals surface area contributed by atoms with Gasteiger partial charge in [-0.2, -0.15) is 5.10 Å². The van der Waals surface area contributed by atoms with Crippen LogP contribution < -0.4 is 4.74 Å². The van der Waals surface area contributed by atoms with Gasteiger partial charge < -0.3 is 4.74 Å². The monoisotopic (exact) mass is 327 g/mol. The molecule has 0 amide bonds. The van der Waals surface area contributed by atoms with Crippen LogP contribution in [0.15, 0.2) is 84.2 Å². The predicted octanol–water partition coefficient (Wildman–Crippen LogP) is 4.32. The summed E-state index contributed by atoms with van der Waals surface area (Å²) in [5.41, 5.74) is 4.47. The summed E-state index contributed by atoms with van der Waals surface area (Å²) in [5.74, 6) is 0.933. The summed E-state index contributed by atoms with van der Waals surface area (Å²) in [4.78, 5) is 4.25. The first-order valence-electron chi connectivity index (χ1n) is 8.47. The lowest BCUT2D eigenvalue weighted by molar-refractivity contribution is -0.0192. The van der Waals surface area contributed by atoms with Crippen molar-refractivity contribution < 1.29 is 4.74 Å². The minimum atomic E-state index is -0.255. The average molecular weight is 327 g/mol. The van der Waals surface area contributed by atoms with E-state index in [0.717, 1.165) is 23.4 Å². The van der Waals surface area contributed by atoms with Crippen LogP contribution in [-0.2, 0) is 0 Å². The highest BCUT2D eigenvalue weighted by Gasteiger charge is 2.40. The third kappa shape index (κ3) is 2.38. The number of hydrazone groups is 1. The maximum Gasteiger partial charge on any atom is 0.215 e. The topological polar surface area (TPSA) is 37.7 Å². The molecule has 122 valence electrons. The minimum absolute atomic E-state index is 0.186. The lowest BCUT2D eigenvalue weighted by Gasteiger charge is -2.38. The van der Waals surface area contributed by atoms with Crippen molar-refractivity contribution in [1.29, 1.82) is 0 Å². The molecule has 4 nitrogen and oxygen atoms in total. The highest BCUT2D eigenvalue weighted by Crippen LogP contribution is 2.47. The summed E-state index contributed by atoms with van der Waals surface area (Å²) >= 11 is 0. The van der Waals surface area contributed by atoms with Crippen molar-refractivity contribution in [3.05, 3.63) is 95.8 Å². The van der Waals surface area contributed by atoms with Crippen LogP contribution >= 0.6 is 0 Å². The van der Waals surface area contributed by atoms with E-state index in [1.165, 1.54) is 11.1 Å². The summed E-state index contributed by atoms with van der Waals surface area (Å²) < 4.78 is 6.29. The van der Waals surface area contributed by atoms with Crippen LogP contribution in [0.4, 0.5) is 0 Å². The van der Waals surface area contributed by atoms with Gasteiger partial charge in [-0.05, 0) is 17.7 Å². The first kappa shape index (κ1) is 14.2. The molecule has 2 aliphatic rings. The van der Waals surface area contributed by atoms with Crippen LogP contribution in [0.3, 0.4) is 0 Å². The molecule has 0 radical (unpaired) electrons. The van der Waals surface area contributed by atoms with E-state index in [-0.39, 0.29) is 12.3 Å². The molecule has 25 heavy (non-hydrogen) atoms. The molecular formula is C21H17N3O. The second-order valence-corrected chi connectivity index (χ2v) is 6.31. The van der Waals surface area contributed by atoms with Gasteiger partial charge in [-0.25, -0.2) is 5.01 Å². The first-order valence-corrected chi connectivity index (χ1v) is 8.47. The zero-order chi connectivity index (χ0) is 16.6. The Labute approximate surface area is 146 Å². The van der Waals surface area contributed by atoms with Crippen LogP contribution in [-0.4, -0.2) is 15.7 Å². The molecule has 5 rings (SSSR count). The van der Waals surface area contributed by atoms with E-state index in [1.54, 1.807) is 6.20 Å². The van der Waals surface area contributed by atoms with Crippen molar-refractivity contribution >= 4 is 5.71 Å². The number of benzene rings is 2. The van der Waals surface area contributed by atoms with Crippen molar-refractivity contribution in [2.75, 3.05) is 0 Å². The van der Waals surface area contributed by atoms with Crippen LogP contribution in [0.5, 0.6) is 5.75 Å². The van der Waals surface area contributed by atoms with E-state index in [2.05, 4.69) is 46.4 Å². The Morgan fingerprint density at radius 3 is 2.60 bits per heavy atom. The molecule has 2 aliphatic heterocycles. The van der Waals surface area contributed by atoms with E-state index < -0.39 is 0 Å². The Morgan fingerprint density at radius 1 is 0.920 bits per heavy atom. The number of hydrogen-bond acceptors (Lipinski definition) is 4. The zero-order valence-corrected chi connectivity index (χ0v) is 13.6. The van der Waals surface area contributed by atoms with E-state index in [1.807, 2.05) is 36.5 Å². The summed E-state index contributed by atoms with van der Waals surface area (Å²) in [6.07, 6.45) is 4.25. The number of ether oxygens (including phenoxy) is 1. The maximum absolute atomic E-state index is 6.29. The van der Waals surface area contributed by atoms with Crippen LogP contribution in [0.2, 0.25) is 0 Å². The molecule has 4 heteroatoms. The van der Waals surface area contributed by atoms with E-state index in [4.69, 9.17) is 9.84 Å². The third-order valence-corrected chi connectivity index (χ3v) is 4.78. The fraction of sp³-hybridized carbons (Fsp3) is 0.143. The number of rotatable bonds is 2. The van der Waals surface area contributed by atoms with Gasteiger partial charge in [0.05, 0.1) is 11.8 Å². The van der Waals surface area contributed by atoms with Gasteiger partial charge >= 0.3 is 0 Å². The Bertz CT molecular complexity index is 924. The van der Waals surface area contributed by atoms with Crippen molar-refractivity contribution in [1.82, 2.24) is 9.99 Å². The number of para-hydroxylation sites is 1. The second kappa shape index (κ2) is 5.74. The Morgan fingerprint density at radius 2 is 1.76 bits per heavy atom. The van der Waals surface area contributed by atoms with Gasteiger partial charge in [0.25, 0.3) is 0 Å². The van der Waals surface area contributed by atoms with Gasteiger partial charge in [-0.15, -0.1) is 0 Å². The van der Waals surface area contributed by atoms with Crippen LogP contribution in [0.1, 0.15) is 35.4 Å². The fourth-order valence-electron chi connectivity index (χ4n) is 3.58. The smallest absolute Gasteiger partial charge is 0.215 e. The van der Waals surface area contributed by atoms with E-state index in [0.29, 0.717) is 0 Å². The SMILES string of the molecule is c1ccc(C2=NN3C(C2)c2ccccc2OC3c2cccnc2)cc1. The fourth-order valence-corrected chi connectivity index (χ4v) is 3.58. The number of fused-ring (bicyclic) bond motifs is 3. The largest absolute Gasteiger partial charge is 0.464 e. The molecule has 2 aromatic carbocycles. The van der Waals surface area contributed by atoms with Gasteiger partial charge in [-0.3, -0.25) is 4.98 Å². The molecule has 1 aromatic heterocycles. The Kier molecular flexibility index (Phi) is 3.27. The molecule has 0 saturated carbocycles. The molecule has 2 unspecified atom stereocenters. The molecule has 0 N–H and O–H groups in total. The molecular weight excluding hydrogens is 310 g/mol. The first-order chi connectivity index (χ1) is 12.4. The Balaban J connectivity index is 1.61. The third-order valence-electron chi connectivity index (χ3n) is 4.78. The van der Waals surface area contributed by atoms with Crippen LogP contribution in [0, 0.1) is 0 Å². The standard InChI is InChI=1S/C21H17N3O/c1-2-7-15(8-3-1)18-13-19-17-10-4-5-11-20(17)25-21(24(19)23-18)16-9-6-12-22-14-16/h1-12,14,19,21H,13H2. The molecule has 3 aromatic rings. The average Bonchev–Trinajstić information content (AvgIpc) is 3.14. The van der Waals surface area contributed by atoms with Crippen molar-refractivity contribution in [3.8, 4) is 5.75 Å². The number of hydrogen-bond donors (Lipinski definition) is 0. The van der Waals surface area contributed by atoms with Gasteiger partial charge in [0, 0.05) is 29.9 Å². The number of aromatic nitrogens is 1. The van der Waals surface area contributed by atoms with Crippen molar-refractivity contribution in [2.24, 2.45) is 5.10 Å². The van der Waals surface area contributed by atoms with Gasteiger partial charge in [0.1, 0.15) is 5.75 Å². The molecule has 2 atom stereocenters. The molecule has 0 spiro atoms. The van der Waals surface area contributed by atoms with Crippen molar-refractivity contribution in [3.63, 3.8) is 0 Å². The van der Waals surface area contributed by atoms with E-state index >= 15 is 0 Å². The zero-order valence-electron chi connectivity index (χ0n) is 13.6. The summed E-state index contributed by atoms with van der Waals surface area (Å²) in [7, 11) is 0. The van der Waals surface area contributed by atoms with E-state index in [9.17, 15) is 0 Å². The molecule has 0 fully saturated rings. The summed E-state index contributed by atoms with van der Waals surface area (Å²) in [5, 5.41) is 7.02. The van der Waals surface area contributed by atoms with Gasteiger partial charge in [0.15, 0.2) is 0 Å². The molecule has 0 aliphatic carbocycles. The predicted molar refractivity (Wildman–Crippen MR) is 96.2 cm³/mol. The molecule has 0 bridgehead atoms. The quantitative estimate of drug-likeness (QED) is 0.703. The van der Waals surface area contributed by atoms with Crippen LogP contribution in [0.25, 0.3) is 0 Å². The Hall–Kier alpha value is -3.14. The lowest BCUT2D eigenvalue weighted by Crippen LogP contribution is -2.33. The van der Waals surface area contributed by atoms with Gasteiger partial charge in [0.2, 0.25) is 6.23 Å². The number of nitrogens with zero attached hydrogens (tertiary/aromatic N) is 3. The normalized spacial score (nSPS) is 21.1. The van der Waals surface area contributed by atoms with Gasteiger partial charge in [-0.1, -0.05) is 54.6 Å². The minimum Gasteiger partial charge on any atom is -0.464 e. The molecule has 3 heterocycles. The second-order valence-electron chi connectivity index (χ2n) is 6.31. The maximum atomic E-state index is 6.29. The van der Waals surface area contributed by atoms with Crippen molar-refractivity contribution in [2.45, 2.75) is 18.7 Å². The number of pyridine rings is 1.